The standard InChI is InChI=1S/C46H30O14/c47-32-26(40(55)44(59)46-31(32)30-33(48)28-29(41(56)45(30)60-46)39(54)43(58)42(57)38(28)53)24-19-9-3-5-11-21(19)25(22-12-6-4-10-20(22)24)27-36(51)34(49)23(35(50)37(27)52)18-14-13-16-7-1-2-8-17(16)15-18/h1-15,29,39,47-59H. The highest BCUT2D eigenvalue weighted by Crippen LogP contribution is 2.59. The van der Waals surface area contributed by atoms with E-state index in [-0.39, 0.29) is 43.8 Å². The largest absolute Gasteiger partial charge is 0.508 e. The van der Waals surface area contributed by atoms with Gasteiger partial charge in [-0.15, -0.1) is 0 Å². The summed E-state index contributed by atoms with van der Waals surface area (Å²) in [5.41, 5.74) is -2.41. The van der Waals surface area contributed by atoms with E-state index in [1.807, 2.05) is 24.3 Å². The average Bonchev–Trinajstić information content (AvgIpc) is 3.67. The number of aliphatic hydroxyl groups is 6. The van der Waals surface area contributed by atoms with Gasteiger partial charge in [0.2, 0.25) is 5.75 Å². The van der Waals surface area contributed by atoms with Crippen LogP contribution in [0.25, 0.3) is 88.2 Å². The maximum absolute atomic E-state index is 12.2. The molecule has 0 amide bonds. The van der Waals surface area contributed by atoms with E-state index in [0.29, 0.717) is 5.56 Å². The van der Waals surface area contributed by atoms with E-state index >= 15 is 0 Å². The molecule has 2 aliphatic rings. The Morgan fingerprint density at radius 1 is 0.417 bits per heavy atom. The lowest BCUT2D eigenvalue weighted by molar-refractivity contribution is 0.0961. The van der Waals surface area contributed by atoms with Gasteiger partial charge in [0.1, 0.15) is 23.4 Å². The summed E-state index contributed by atoms with van der Waals surface area (Å²) >= 11 is 0. The smallest absolute Gasteiger partial charge is 0.202 e. The number of phenolic OH excluding ortho intramolecular Hbond substituents is 7. The van der Waals surface area contributed by atoms with Gasteiger partial charge in [0, 0.05) is 11.1 Å². The van der Waals surface area contributed by atoms with Crippen LogP contribution in [0.3, 0.4) is 0 Å². The first-order chi connectivity index (χ1) is 28.7. The lowest BCUT2D eigenvalue weighted by atomic mass is 9.80. The van der Waals surface area contributed by atoms with Crippen molar-refractivity contribution in [1.82, 2.24) is 0 Å². The molecule has 2 aliphatic carbocycles. The van der Waals surface area contributed by atoms with Crippen molar-refractivity contribution in [3.63, 3.8) is 0 Å². The number of hydrogen-bond acceptors (Lipinski definition) is 14. The predicted molar refractivity (Wildman–Crippen MR) is 219 cm³/mol. The minimum absolute atomic E-state index is 0.0642. The number of benzene rings is 7. The second kappa shape index (κ2) is 12.3. The van der Waals surface area contributed by atoms with E-state index in [1.54, 1.807) is 66.7 Å². The zero-order valence-electron chi connectivity index (χ0n) is 30.5. The van der Waals surface area contributed by atoms with Crippen molar-refractivity contribution in [2.24, 2.45) is 5.92 Å². The van der Waals surface area contributed by atoms with Crippen molar-refractivity contribution in [3.8, 4) is 73.6 Å². The zero-order chi connectivity index (χ0) is 42.2. The summed E-state index contributed by atoms with van der Waals surface area (Å²) in [6, 6.07) is 25.2. The van der Waals surface area contributed by atoms with E-state index in [0.717, 1.165) is 10.8 Å². The molecule has 10 rings (SSSR count). The maximum atomic E-state index is 12.2. The summed E-state index contributed by atoms with van der Waals surface area (Å²) in [6.07, 6.45) is -2.07. The number of aliphatic hydroxyl groups excluding tert-OH is 6. The van der Waals surface area contributed by atoms with Crippen molar-refractivity contribution in [2.75, 3.05) is 0 Å². The second-order valence-electron chi connectivity index (χ2n) is 14.6. The van der Waals surface area contributed by atoms with Crippen LogP contribution < -0.4 is 10.6 Å². The van der Waals surface area contributed by atoms with Crippen LogP contribution in [0.4, 0.5) is 0 Å². The molecule has 60 heavy (non-hydrogen) atoms. The second-order valence-corrected chi connectivity index (χ2v) is 14.6. The third-order valence-corrected chi connectivity index (χ3v) is 11.6. The first-order valence-corrected chi connectivity index (χ1v) is 18.3. The molecule has 0 radical (unpaired) electrons. The Bertz CT molecular complexity index is 3400. The van der Waals surface area contributed by atoms with Gasteiger partial charge in [0.15, 0.2) is 57.0 Å². The molecule has 2 atom stereocenters. The van der Waals surface area contributed by atoms with E-state index in [4.69, 9.17) is 4.42 Å². The number of hydrogen-bond donors (Lipinski definition) is 13. The molecular formula is C46H30O14. The molecule has 0 saturated heterocycles. The van der Waals surface area contributed by atoms with E-state index in [9.17, 15) is 66.4 Å². The minimum atomic E-state index is -2.07. The monoisotopic (exact) mass is 806 g/mol. The van der Waals surface area contributed by atoms with Crippen molar-refractivity contribution in [3.05, 3.63) is 124 Å². The van der Waals surface area contributed by atoms with E-state index in [2.05, 4.69) is 0 Å². The fourth-order valence-corrected chi connectivity index (χ4v) is 8.82. The summed E-state index contributed by atoms with van der Waals surface area (Å²) in [5.74, 6) is -12.7. The zero-order valence-corrected chi connectivity index (χ0v) is 30.5. The van der Waals surface area contributed by atoms with E-state index < -0.39 is 114 Å². The van der Waals surface area contributed by atoms with Gasteiger partial charge in [0.25, 0.3) is 0 Å². The van der Waals surface area contributed by atoms with Crippen LogP contribution in [0.1, 0.15) is 0 Å². The van der Waals surface area contributed by atoms with Crippen LogP contribution in [0.15, 0.2) is 118 Å². The van der Waals surface area contributed by atoms with Gasteiger partial charge in [-0.1, -0.05) is 84.9 Å². The molecule has 1 heterocycles. The van der Waals surface area contributed by atoms with Crippen molar-refractivity contribution >= 4 is 54.8 Å². The molecule has 0 bridgehead atoms. The third-order valence-electron chi connectivity index (χ3n) is 11.6. The minimum Gasteiger partial charge on any atom is -0.508 e. The quantitative estimate of drug-likeness (QED) is 0.0474. The predicted octanol–water partition coefficient (Wildman–Crippen LogP) is 7.31. The fourth-order valence-electron chi connectivity index (χ4n) is 8.82. The van der Waals surface area contributed by atoms with Crippen LogP contribution in [-0.2, 0) is 0 Å². The average molecular weight is 807 g/mol. The molecule has 1 aromatic heterocycles. The molecule has 0 aliphatic heterocycles. The summed E-state index contributed by atoms with van der Waals surface area (Å²) in [5, 5.41) is 149. The Morgan fingerprint density at radius 2 is 0.900 bits per heavy atom. The molecule has 14 nitrogen and oxygen atoms in total. The lowest BCUT2D eigenvalue weighted by Gasteiger charge is -2.30. The Kier molecular flexibility index (Phi) is 7.39. The molecule has 13 N–H and O–H groups in total. The van der Waals surface area contributed by atoms with Gasteiger partial charge < -0.3 is 70.8 Å². The molecule has 14 heteroatoms. The molecule has 7 aromatic carbocycles. The Hall–Kier alpha value is -8.36. The normalized spacial score (nSPS) is 16.7. The Labute approximate surface area is 335 Å². The van der Waals surface area contributed by atoms with Crippen molar-refractivity contribution in [2.45, 2.75) is 6.10 Å². The Balaban J connectivity index is 1.29. The van der Waals surface area contributed by atoms with Crippen LogP contribution in [0.5, 0.6) is 40.2 Å². The number of fused-ring (bicyclic) bond motifs is 7. The van der Waals surface area contributed by atoms with Gasteiger partial charge in [-0.2, -0.15) is 0 Å². The summed E-state index contributed by atoms with van der Waals surface area (Å²) in [7, 11) is 0. The molecule has 0 fully saturated rings. The summed E-state index contributed by atoms with van der Waals surface area (Å²) in [6.45, 7) is 0. The van der Waals surface area contributed by atoms with Crippen LogP contribution >= 0.6 is 0 Å². The molecule has 0 spiro atoms. The van der Waals surface area contributed by atoms with Gasteiger partial charge in [0.05, 0.1) is 38.8 Å². The number of rotatable bonds is 3. The molecule has 2 unspecified atom stereocenters. The molecule has 298 valence electrons. The highest BCUT2D eigenvalue weighted by molar-refractivity contribution is 6.24. The van der Waals surface area contributed by atoms with Crippen LogP contribution in [0, 0.1) is 5.92 Å². The fraction of sp³-hybridized carbons (Fsp3) is 0.0435. The SMILES string of the molecule is OC1=C(O)C(O)C2C(=C1O)C(O)=c1c(oc3c(O)c(O)c(-c4c5ccccc5c(-c5c(O)c(O)c(-c6ccc7ccccc7c6)c(O)c5O)c5ccccc45)c(O)c13)=C2O. The van der Waals surface area contributed by atoms with E-state index in [1.165, 1.54) is 0 Å². The molecule has 0 saturated carbocycles. The van der Waals surface area contributed by atoms with Gasteiger partial charge in [-0.3, -0.25) is 0 Å². The van der Waals surface area contributed by atoms with Gasteiger partial charge in [-0.05, 0) is 43.9 Å². The first-order valence-electron chi connectivity index (χ1n) is 18.3. The molecular weight excluding hydrogens is 776 g/mol. The topological polar surface area (TPSA) is 276 Å². The number of furan rings is 1. The van der Waals surface area contributed by atoms with Crippen LogP contribution in [-0.4, -0.2) is 72.5 Å². The van der Waals surface area contributed by atoms with Crippen molar-refractivity contribution < 1.29 is 70.8 Å². The van der Waals surface area contributed by atoms with Gasteiger partial charge >= 0.3 is 0 Å². The molecule has 8 aromatic rings. The van der Waals surface area contributed by atoms with Crippen molar-refractivity contribution in [1.29, 1.82) is 0 Å². The van der Waals surface area contributed by atoms with Gasteiger partial charge in [-0.25, -0.2) is 0 Å². The van der Waals surface area contributed by atoms with Crippen LogP contribution in [0.2, 0.25) is 0 Å². The first kappa shape index (κ1) is 36.0. The lowest BCUT2D eigenvalue weighted by Crippen LogP contribution is -2.42. The summed E-state index contributed by atoms with van der Waals surface area (Å²) in [4.78, 5) is 0. The maximum Gasteiger partial charge on any atom is 0.202 e. The third kappa shape index (κ3) is 4.49. The Morgan fingerprint density at radius 3 is 1.47 bits per heavy atom. The number of aromatic hydroxyl groups is 7. The summed E-state index contributed by atoms with van der Waals surface area (Å²) < 4.78 is 5.70. The highest BCUT2D eigenvalue weighted by atomic mass is 16.4. The number of phenols is 7. The highest BCUT2D eigenvalue weighted by Gasteiger charge is 2.45.